The summed E-state index contributed by atoms with van der Waals surface area (Å²) in [5.41, 5.74) is -0.614. The Hall–Kier alpha value is -3.38. The summed E-state index contributed by atoms with van der Waals surface area (Å²) in [6, 6.07) is 9.40. The number of amides is 1. The van der Waals surface area contributed by atoms with Crippen LogP contribution in [0.25, 0.3) is 0 Å². The number of aryl methyl sites for hydroxylation is 1. The first-order valence-electron chi connectivity index (χ1n) is 14.2. The average Bonchev–Trinajstić information content (AvgIpc) is 3.56. The van der Waals surface area contributed by atoms with Crippen LogP contribution in [-0.4, -0.2) is 57.0 Å². The van der Waals surface area contributed by atoms with Gasteiger partial charge in [0.05, 0.1) is 30.7 Å². The molecule has 3 atom stereocenters. The molecule has 5 heterocycles. The van der Waals surface area contributed by atoms with Gasteiger partial charge >= 0.3 is 6.18 Å². The molecule has 4 aliphatic rings. The number of hydrogen-bond donors (Lipinski definition) is 0. The number of aromatic nitrogens is 3. The third kappa shape index (κ3) is 4.33. The number of rotatable bonds is 6. The van der Waals surface area contributed by atoms with E-state index in [-0.39, 0.29) is 55.3 Å². The highest BCUT2D eigenvalue weighted by atomic mass is 19.4. The molecule has 0 unspecified atom stereocenters. The lowest BCUT2D eigenvalue weighted by atomic mass is 9.74. The van der Waals surface area contributed by atoms with Crippen molar-refractivity contribution in [3.63, 3.8) is 0 Å². The molecule has 42 heavy (non-hydrogen) atoms. The van der Waals surface area contributed by atoms with Crippen LogP contribution in [0.5, 0.6) is 0 Å². The van der Waals surface area contributed by atoms with Crippen molar-refractivity contribution in [2.45, 2.75) is 74.8 Å². The van der Waals surface area contributed by atoms with Crippen LogP contribution in [0.3, 0.4) is 0 Å². The highest BCUT2D eigenvalue weighted by molar-refractivity contribution is 6.10. The van der Waals surface area contributed by atoms with E-state index in [0.29, 0.717) is 29.7 Å². The molecule has 222 valence electrons. The first kappa shape index (κ1) is 27.5. The smallest absolute Gasteiger partial charge is 0.379 e. The molecule has 0 spiro atoms. The van der Waals surface area contributed by atoms with Gasteiger partial charge < -0.3 is 14.2 Å². The van der Waals surface area contributed by atoms with Crippen molar-refractivity contribution in [1.82, 2.24) is 19.7 Å². The first-order chi connectivity index (χ1) is 20.0. The summed E-state index contributed by atoms with van der Waals surface area (Å²) in [7, 11) is 1.64. The van der Waals surface area contributed by atoms with E-state index in [1.54, 1.807) is 37.4 Å². The fraction of sp³-hybridized carbons (Fsp3) is 0.500. The SMILES string of the molecule is Cn1cnnc1[C@@H](F)C1(c2cccc(N3Cc4c(cc(CN5[C@H]6CC[C@H]5CC(F)C6)cc4C(F)(F)F)C3=O)c2)COC1. The van der Waals surface area contributed by atoms with Gasteiger partial charge in [0.2, 0.25) is 0 Å². The lowest BCUT2D eigenvalue weighted by Gasteiger charge is -2.43. The minimum Gasteiger partial charge on any atom is -0.379 e. The third-order valence-corrected chi connectivity index (χ3v) is 9.51. The van der Waals surface area contributed by atoms with E-state index < -0.39 is 35.4 Å². The summed E-state index contributed by atoms with van der Waals surface area (Å²) in [6.07, 6.45) is -3.24. The Labute approximate surface area is 239 Å². The van der Waals surface area contributed by atoms with Crippen LogP contribution in [0.2, 0.25) is 0 Å². The molecule has 3 fully saturated rings. The van der Waals surface area contributed by atoms with Gasteiger partial charge in [-0.1, -0.05) is 12.1 Å². The zero-order valence-electron chi connectivity index (χ0n) is 23.0. The predicted octanol–water partition coefficient (Wildman–Crippen LogP) is 5.44. The summed E-state index contributed by atoms with van der Waals surface area (Å²) in [6.45, 7) is 0.157. The Morgan fingerprint density at radius 3 is 2.48 bits per heavy atom. The molecular weight excluding hydrogens is 557 g/mol. The summed E-state index contributed by atoms with van der Waals surface area (Å²) in [5.74, 6) is -0.399. The summed E-state index contributed by atoms with van der Waals surface area (Å²) in [4.78, 5) is 17.1. The van der Waals surface area contributed by atoms with Crippen LogP contribution in [-0.2, 0) is 36.5 Å². The number of hydrogen-bond acceptors (Lipinski definition) is 5. The van der Waals surface area contributed by atoms with E-state index in [4.69, 9.17) is 4.74 Å². The van der Waals surface area contributed by atoms with Gasteiger partial charge in [0.1, 0.15) is 12.5 Å². The van der Waals surface area contributed by atoms with Gasteiger partial charge in [-0.25, -0.2) is 8.78 Å². The number of carbonyl (C=O) groups excluding carboxylic acids is 1. The largest absolute Gasteiger partial charge is 0.416 e. The first-order valence-corrected chi connectivity index (χ1v) is 14.2. The number of carbonyl (C=O) groups is 1. The van der Waals surface area contributed by atoms with E-state index in [2.05, 4.69) is 15.1 Å². The van der Waals surface area contributed by atoms with Crippen molar-refractivity contribution in [2.75, 3.05) is 18.1 Å². The second-order valence-corrected chi connectivity index (χ2v) is 12.0. The van der Waals surface area contributed by atoms with Crippen molar-refractivity contribution >= 4 is 11.6 Å². The van der Waals surface area contributed by atoms with Crippen LogP contribution in [0.15, 0.2) is 42.7 Å². The summed E-state index contributed by atoms with van der Waals surface area (Å²) < 4.78 is 79.9. The standard InChI is InChI=1S/C30H30F5N5O2/c1-38-16-36-37-27(38)26(32)29(14-42-15-29)18-3-2-4-20(9-18)40-13-24-23(28(40)41)7-17(8-25(24)30(33,34)35)12-39-21-5-6-22(39)11-19(31)10-21/h2-4,7-9,16,19,21-22,26H,5-6,10-15H2,1H3/t21-,22-,26+/m0/s1. The number of nitrogens with zero attached hydrogens (tertiary/aromatic N) is 5. The van der Waals surface area contributed by atoms with Gasteiger partial charge in [-0.2, -0.15) is 13.2 Å². The summed E-state index contributed by atoms with van der Waals surface area (Å²) in [5, 5.41) is 7.69. The molecule has 7 nitrogen and oxygen atoms in total. The molecule has 1 amide bonds. The Balaban J connectivity index is 1.21. The fourth-order valence-corrected chi connectivity index (χ4v) is 7.23. The van der Waals surface area contributed by atoms with E-state index >= 15 is 4.39 Å². The molecule has 0 saturated carbocycles. The predicted molar refractivity (Wildman–Crippen MR) is 142 cm³/mol. The van der Waals surface area contributed by atoms with Gasteiger partial charge in [0.15, 0.2) is 12.0 Å². The maximum absolute atomic E-state index is 15.9. The normalized spacial score (nSPS) is 25.9. The molecule has 0 aliphatic carbocycles. The molecule has 4 aliphatic heterocycles. The highest BCUT2D eigenvalue weighted by Crippen LogP contribution is 2.47. The maximum atomic E-state index is 15.9. The summed E-state index contributed by atoms with van der Waals surface area (Å²) >= 11 is 0. The molecule has 12 heteroatoms. The zero-order chi connectivity index (χ0) is 29.4. The number of fused-ring (bicyclic) bond motifs is 3. The van der Waals surface area contributed by atoms with Crippen LogP contribution < -0.4 is 4.90 Å². The Bertz CT molecular complexity index is 1520. The van der Waals surface area contributed by atoms with Gasteiger partial charge in [-0.15, -0.1) is 10.2 Å². The van der Waals surface area contributed by atoms with Crippen molar-refractivity contribution in [3.8, 4) is 0 Å². The van der Waals surface area contributed by atoms with E-state index in [1.807, 2.05) is 0 Å². The minimum atomic E-state index is -4.66. The van der Waals surface area contributed by atoms with Crippen molar-refractivity contribution in [2.24, 2.45) is 7.05 Å². The van der Waals surface area contributed by atoms with E-state index in [1.165, 1.54) is 15.8 Å². The molecular formula is C30H30F5N5O2. The number of piperidine rings is 1. The number of alkyl halides is 5. The molecule has 0 radical (unpaired) electrons. The molecule has 2 bridgehead atoms. The highest BCUT2D eigenvalue weighted by Gasteiger charge is 2.51. The zero-order valence-corrected chi connectivity index (χ0v) is 23.0. The molecule has 2 aromatic carbocycles. The van der Waals surface area contributed by atoms with Crippen molar-refractivity contribution in [3.05, 3.63) is 76.4 Å². The van der Waals surface area contributed by atoms with Crippen molar-refractivity contribution < 1.29 is 31.5 Å². The molecule has 7 rings (SSSR count). The van der Waals surface area contributed by atoms with Gasteiger partial charge in [0, 0.05) is 36.9 Å². The topological polar surface area (TPSA) is 63.5 Å². The fourth-order valence-electron chi connectivity index (χ4n) is 7.23. The van der Waals surface area contributed by atoms with Gasteiger partial charge in [-0.05, 0) is 66.6 Å². The Morgan fingerprint density at radius 1 is 1.12 bits per heavy atom. The second kappa shape index (κ2) is 9.84. The lowest BCUT2D eigenvalue weighted by molar-refractivity contribution is -0.138. The Kier molecular flexibility index (Phi) is 6.43. The quantitative estimate of drug-likeness (QED) is 0.360. The lowest BCUT2D eigenvalue weighted by Crippen LogP contribution is -2.50. The van der Waals surface area contributed by atoms with Crippen molar-refractivity contribution in [1.29, 1.82) is 0 Å². The van der Waals surface area contributed by atoms with Crippen LogP contribution in [0.4, 0.5) is 27.6 Å². The molecule has 3 aromatic rings. The van der Waals surface area contributed by atoms with Crippen LogP contribution >= 0.6 is 0 Å². The second-order valence-electron chi connectivity index (χ2n) is 12.0. The molecule has 1 aromatic heterocycles. The van der Waals surface area contributed by atoms with Crippen LogP contribution in [0.1, 0.15) is 70.3 Å². The monoisotopic (exact) mass is 587 g/mol. The molecule has 0 N–H and O–H groups in total. The maximum Gasteiger partial charge on any atom is 0.416 e. The van der Waals surface area contributed by atoms with E-state index in [0.717, 1.165) is 18.9 Å². The number of anilines is 1. The van der Waals surface area contributed by atoms with E-state index in [9.17, 15) is 22.4 Å². The van der Waals surface area contributed by atoms with Gasteiger partial charge in [0.25, 0.3) is 5.91 Å². The third-order valence-electron chi connectivity index (χ3n) is 9.51. The molecule has 3 saturated heterocycles. The number of benzene rings is 2. The number of ether oxygens (including phenoxy) is 1. The number of halogens is 5. The van der Waals surface area contributed by atoms with Crippen LogP contribution in [0, 0.1) is 0 Å². The average molecular weight is 588 g/mol. The Morgan fingerprint density at radius 2 is 1.86 bits per heavy atom. The van der Waals surface area contributed by atoms with Gasteiger partial charge in [-0.3, -0.25) is 9.69 Å². The minimum absolute atomic E-state index is 0.0000336.